The van der Waals surface area contributed by atoms with Crippen molar-refractivity contribution in [2.45, 2.75) is 43.5 Å². The largest absolute Gasteiger partial charge is 0.478 e. The van der Waals surface area contributed by atoms with Crippen LogP contribution in [0, 0.1) is 11.7 Å². The Morgan fingerprint density at radius 3 is 2.57 bits per heavy atom. The molecule has 116 valence electrons. The molecule has 2 rings (SSSR count). The van der Waals surface area contributed by atoms with Crippen molar-refractivity contribution < 1.29 is 22.7 Å². The smallest absolute Gasteiger partial charge is 0.335 e. The monoisotopic (exact) mass is 315 g/mol. The Morgan fingerprint density at radius 1 is 1.33 bits per heavy atom. The van der Waals surface area contributed by atoms with Gasteiger partial charge in [-0.2, -0.15) is 0 Å². The van der Waals surface area contributed by atoms with Gasteiger partial charge in [0.25, 0.3) is 0 Å². The predicted molar refractivity (Wildman–Crippen MR) is 75.1 cm³/mol. The van der Waals surface area contributed by atoms with E-state index in [1.54, 1.807) is 0 Å². The maximum atomic E-state index is 13.9. The lowest BCUT2D eigenvalue weighted by Gasteiger charge is -2.29. The van der Waals surface area contributed by atoms with E-state index in [1.165, 1.54) is 0 Å². The molecule has 2 unspecified atom stereocenters. The summed E-state index contributed by atoms with van der Waals surface area (Å²) in [5.41, 5.74) is -0.280. The lowest BCUT2D eigenvalue weighted by atomic mass is 9.87. The van der Waals surface area contributed by atoms with Gasteiger partial charge in [-0.05, 0) is 37.0 Å². The number of sulfonamides is 1. The van der Waals surface area contributed by atoms with E-state index in [2.05, 4.69) is 4.72 Å². The summed E-state index contributed by atoms with van der Waals surface area (Å²) in [6, 6.07) is 2.60. The van der Waals surface area contributed by atoms with Crippen molar-refractivity contribution in [1.82, 2.24) is 4.72 Å². The average molecular weight is 315 g/mol. The molecule has 0 amide bonds. The minimum Gasteiger partial charge on any atom is -0.478 e. The molecule has 0 spiro atoms. The minimum atomic E-state index is -3.98. The highest BCUT2D eigenvalue weighted by atomic mass is 32.2. The van der Waals surface area contributed by atoms with E-state index in [0.29, 0.717) is 0 Å². The Labute approximate surface area is 123 Å². The van der Waals surface area contributed by atoms with Gasteiger partial charge in [-0.15, -0.1) is 0 Å². The Bertz CT molecular complexity index is 644. The van der Waals surface area contributed by atoms with Crippen molar-refractivity contribution in [3.63, 3.8) is 0 Å². The Hall–Kier alpha value is -1.47. The second-order valence-corrected chi connectivity index (χ2v) is 7.12. The number of carbonyl (C=O) groups is 1. The van der Waals surface area contributed by atoms with Crippen LogP contribution in [0.4, 0.5) is 4.39 Å². The summed E-state index contributed by atoms with van der Waals surface area (Å²) < 4.78 is 40.9. The molecule has 1 aromatic rings. The van der Waals surface area contributed by atoms with E-state index in [4.69, 9.17) is 5.11 Å². The van der Waals surface area contributed by atoms with Crippen molar-refractivity contribution in [1.29, 1.82) is 0 Å². The molecule has 1 saturated carbocycles. The number of carboxylic acid groups (broad SMARTS) is 1. The molecular formula is C14H18FNO4S. The summed E-state index contributed by atoms with van der Waals surface area (Å²) >= 11 is 0. The molecule has 0 saturated heterocycles. The molecule has 21 heavy (non-hydrogen) atoms. The summed E-state index contributed by atoms with van der Waals surface area (Å²) in [5.74, 6) is -2.15. The topological polar surface area (TPSA) is 83.5 Å². The standard InChI is InChI=1S/C14H18FNO4S/c1-9-4-2-3-5-12(9)16-21(19,20)13-7-6-10(14(17)18)8-11(13)15/h6-9,12,16H,2-5H2,1H3,(H,17,18). The number of hydrogen-bond donors (Lipinski definition) is 2. The average Bonchev–Trinajstić information content (AvgIpc) is 2.40. The second-order valence-electron chi connectivity index (χ2n) is 5.44. The molecule has 0 aliphatic heterocycles. The van der Waals surface area contributed by atoms with Crippen LogP contribution in [0.1, 0.15) is 43.0 Å². The van der Waals surface area contributed by atoms with E-state index in [-0.39, 0.29) is 17.5 Å². The first-order valence-corrected chi connectivity index (χ1v) is 8.35. The molecule has 1 aromatic carbocycles. The van der Waals surface area contributed by atoms with Crippen molar-refractivity contribution in [3.05, 3.63) is 29.6 Å². The van der Waals surface area contributed by atoms with E-state index < -0.39 is 26.7 Å². The van der Waals surface area contributed by atoms with Gasteiger partial charge in [-0.3, -0.25) is 0 Å². The van der Waals surface area contributed by atoms with Gasteiger partial charge >= 0.3 is 5.97 Å². The van der Waals surface area contributed by atoms with Crippen LogP contribution in [-0.2, 0) is 10.0 Å². The Morgan fingerprint density at radius 2 is 2.00 bits per heavy atom. The zero-order chi connectivity index (χ0) is 15.6. The predicted octanol–water partition coefficient (Wildman–Crippen LogP) is 2.38. The molecule has 1 aliphatic carbocycles. The number of aromatic carboxylic acids is 1. The molecule has 1 fully saturated rings. The van der Waals surface area contributed by atoms with Crippen LogP contribution in [0.15, 0.2) is 23.1 Å². The lowest BCUT2D eigenvalue weighted by Crippen LogP contribution is -2.41. The van der Waals surface area contributed by atoms with Gasteiger partial charge in [0.05, 0.1) is 5.56 Å². The van der Waals surface area contributed by atoms with Crippen LogP contribution in [0.25, 0.3) is 0 Å². The number of rotatable bonds is 4. The number of halogens is 1. The third-order valence-electron chi connectivity index (χ3n) is 3.89. The summed E-state index contributed by atoms with van der Waals surface area (Å²) in [4.78, 5) is 10.2. The highest BCUT2D eigenvalue weighted by Gasteiger charge is 2.28. The summed E-state index contributed by atoms with van der Waals surface area (Å²) in [5, 5.41) is 8.77. The SMILES string of the molecule is CC1CCCCC1NS(=O)(=O)c1ccc(C(=O)O)cc1F. The molecular weight excluding hydrogens is 297 g/mol. The number of benzene rings is 1. The maximum Gasteiger partial charge on any atom is 0.335 e. The fourth-order valence-corrected chi connectivity index (χ4v) is 4.04. The first-order chi connectivity index (χ1) is 9.81. The first-order valence-electron chi connectivity index (χ1n) is 6.86. The Balaban J connectivity index is 2.25. The van der Waals surface area contributed by atoms with Crippen LogP contribution in [0.2, 0.25) is 0 Å². The molecule has 1 aliphatic rings. The third-order valence-corrected chi connectivity index (χ3v) is 5.41. The molecule has 0 bridgehead atoms. The van der Waals surface area contributed by atoms with Gasteiger partial charge in [-0.25, -0.2) is 22.3 Å². The van der Waals surface area contributed by atoms with Gasteiger partial charge < -0.3 is 5.11 Å². The van der Waals surface area contributed by atoms with Crippen molar-refractivity contribution >= 4 is 16.0 Å². The highest BCUT2D eigenvalue weighted by Crippen LogP contribution is 2.26. The number of carboxylic acids is 1. The molecule has 0 aromatic heterocycles. The zero-order valence-electron chi connectivity index (χ0n) is 11.7. The van der Waals surface area contributed by atoms with Gasteiger partial charge in [0.2, 0.25) is 10.0 Å². The minimum absolute atomic E-state index is 0.204. The van der Waals surface area contributed by atoms with Gasteiger partial charge in [-0.1, -0.05) is 19.8 Å². The lowest BCUT2D eigenvalue weighted by molar-refractivity contribution is 0.0696. The maximum absolute atomic E-state index is 13.9. The van der Waals surface area contributed by atoms with Crippen LogP contribution in [0.5, 0.6) is 0 Å². The van der Waals surface area contributed by atoms with Crippen LogP contribution in [-0.4, -0.2) is 25.5 Å². The quantitative estimate of drug-likeness (QED) is 0.893. The fourth-order valence-electron chi connectivity index (χ4n) is 2.61. The van der Waals surface area contributed by atoms with Gasteiger partial charge in [0, 0.05) is 6.04 Å². The van der Waals surface area contributed by atoms with Crippen molar-refractivity contribution in [3.8, 4) is 0 Å². The first kappa shape index (κ1) is 15.9. The molecule has 0 heterocycles. The zero-order valence-corrected chi connectivity index (χ0v) is 12.5. The van der Waals surface area contributed by atoms with E-state index in [1.807, 2.05) is 6.92 Å². The van der Waals surface area contributed by atoms with Crippen LogP contribution in [0.3, 0.4) is 0 Å². The molecule has 7 heteroatoms. The molecule has 0 radical (unpaired) electrons. The normalized spacial score (nSPS) is 23.0. The summed E-state index contributed by atoms with van der Waals surface area (Å²) in [6.07, 6.45) is 3.68. The van der Waals surface area contributed by atoms with Gasteiger partial charge in [0.15, 0.2) is 0 Å². The van der Waals surface area contributed by atoms with Gasteiger partial charge in [0.1, 0.15) is 10.7 Å². The van der Waals surface area contributed by atoms with E-state index in [0.717, 1.165) is 43.9 Å². The molecule has 2 N–H and O–H groups in total. The second kappa shape index (κ2) is 6.11. The number of hydrogen-bond acceptors (Lipinski definition) is 3. The highest BCUT2D eigenvalue weighted by molar-refractivity contribution is 7.89. The third kappa shape index (κ3) is 3.59. The summed E-state index contributed by atoms with van der Waals surface area (Å²) in [7, 11) is -3.98. The van der Waals surface area contributed by atoms with Crippen LogP contribution < -0.4 is 4.72 Å². The van der Waals surface area contributed by atoms with Crippen molar-refractivity contribution in [2.75, 3.05) is 0 Å². The summed E-state index contributed by atoms with van der Waals surface area (Å²) in [6.45, 7) is 1.97. The fraction of sp³-hybridized carbons (Fsp3) is 0.500. The van der Waals surface area contributed by atoms with E-state index >= 15 is 0 Å². The van der Waals surface area contributed by atoms with E-state index in [9.17, 15) is 17.6 Å². The van der Waals surface area contributed by atoms with Crippen LogP contribution >= 0.6 is 0 Å². The van der Waals surface area contributed by atoms with Crippen molar-refractivity contribution in [2.24, 2.45) is 5.92 Å². The molecule has 2 atom stereocenters. The number of nitrogens with one attached hydrogen (secondary N) is 1. The Kier molecular flexibility index (Phi) is 4.63. The molecule has 5 nitrogen and oxygen atoms in total.